The summed E-state index contributed by atoms with van der Waals surface area (Å²) in [4.78, 5) is 0. The highest BCUT2D eigenvalue weighted by Gasteiger charge is 2.30. The van der Waals surface area contributed by atoms with E-state index >= 15 is 0 Å². The van der Waals surface area contributed by atoms with Crippen LogP contribution in [0.5, 0.6) is 0 Å². The van der Waals surface area contributed by atoms with Gasteiger partial charge in [0.1, 0.15) is 0 Å². The molecule has 0 N–H and O–H groups in total. The van der Waals surface area contributed by atoms with Gasteiger partial charge < -0.3 is 0 Å². The SMILES string of the molecule is ClCC(CCl)(Cc1ccccc1)Cc1ccc(Br)cc1Cl. The molecule has 0 spiro atoms. The van der Waals surface area contributed by atoms with Gasteiger partial charge in [0.25, 0.3) is 0 Å². The van der Waals surface area contributed by atoms with E-state index in [0.29, 0.717) is 11.8 Å². The van der Waals surface area contributed by atoms with Gasteiger partial charge in [-0.3, -0.25) is 0 Å². The number of hydrogen-bond donors (Lipinski definition) is 0. The molecule has 0 amide bonds. The number of halogens is 4. The highest BCUT2D eigenvalue weighted by atomic mass is 79.9. The van der Waals surface area contributed by atoms with Crippen molar-refractivity contribution in [3.05, 3.63) is 69.2 Å². The maximum absolute atomic E-state index is 6.34. The van der Waals surface area contributed by atoms with Gasteiger partial charge in [-0.15, -0.1) is 23.2 Å². The lowest BCUT2D eigenvalue weighted by molar-refractivity contribution is 0.374. The van der Waals surface area contributed by atoms with Crippen LogP contribution in [0.15, 0.2) is 53.0 Å². The lowest BCUT2D eigenvalue weighted by Crippen LogP contribution is -2.31. The van der Waals surface area contributed by atoms with Crippen molar-refractivity contribution >= 4 is 50.7 Å². The molecule has 0 bridgehead atoms. The quantitative estimate of drug-likeness (QED) is 0.490. The summed E-state index contributed by atoms with van der Waals surface area (Å²) in [5.41, 5.74) is 2.13. The molecular weight excluding hydrogens is 390 g/mol. The minimum atomic E-state index is -0.193. The fourth-order valence-corrected chi connectivity index (χ4v) is 3.79. The first-order valence-electron chi connectivity index (χ1n) is 6.68. The lowest BCUT2D eigenvalue weighted by Gasteiger charge is -2.30. The number of rotatable bonds is 6. The predicted molar refractivity (Wildman–Crippen MR) is 96.9 cm³/mol. The van der Waals surface area contributed by atoms with Crippen LogP contribution in [0.2, 0.25) is 5.02 Å². The van der Waals surface area contributed by atoms with E-state index in [9.17, 15) is 0 Å². The van der Waals surface area contributed by atoms with Gasteiger partial charge in [0.05, 0.1) is 0 Å². The molecule has 0 saturated heterocycles. The molecule has 0 nitrogen and oxygen atoms in total. The predicted octanol–water partition coefficient (Wildman–Crippen LogP) is 6.35. The average Bonchev–Trinajstić information content (AvgIpc) is 2.50. The zero-order valence-electron chi connectivity index (χ0n) is 11.5. The van der Waals surface area contributed by atoms with E-state index in [0.717, 1.165) is 27.9 Å². The summed E-state index contributed by atoms with van der Waals surface area (Å²) in [7, 11) is 0. The van der Waals surface area contributed by atoms with E-state index in [1.54, 1.807) is 0 Å². The average molecular weight is 407 g/mol. The normalized spacial score (nSPS) is 11.6. The molecule has 0 aliphatic heterocycles. The fourth-order valence-electron chi connectivity index (χ4n) is 2.39. The summed E-state index contributed by atoms with van der Waals surface area (Å²) >= 11 is 22.3. The molecular formula is C17H16BrCl3. The molecule has 2 aromatic rings. The van der Waals surface area contributed by atoms with E-state index in [-0.39, 0.29) is 5.41 Å². The molecule has 0 heterocycles. The smallest absolute Gasteiger partial charge is 0.0449 e. The zero-order chi connectivity index (χ0) is 15.3. The summed E-state index contributed by atoms with van der Waals surface area (Å²) < 4.78 is 0.974. The number of benzene rings is 2. The molecule has 0 saturated carbocycles. The highest BCUT2D eigenvalue weighted by molar-refractivity contribution is 9.10. The van der Waals surface area contributed by atoms with Crippen molar-refractivity contribution in [3.8, 4) is 0 Å². The lowest BCUT2D eigenvalue weighted by atomic mass is 9.80. The molecule has 0 aromatic heterocycles. The van der Waals surface area contributed by atoms with Crippen LogP contribution in [0.25, 0.3) is 0 Å². The first-order valence-corrected chi connectivity index (χ1v) is 8.92. The third-order valence-corrected chi connectivity index (χ3v) is 5.55. The van der Waals surface area contributed by atoms with Gasteiger partial charge >= 0.3 is 0 Å². The largest absolute Gasteiger partial charge is 0.126 e. The Morgan fingerprint density at radius 3 is 2.14 bits per heavy atom. The van der Waals surface area contributed by atoms with Crippen molar-refractivity contribution < 1.29 is 0 Å². The van der Waals surface area contributed by atoms with Gasteiger partial charge in [-0.05, 0) is 36.1 Å². The van der Waals surface area contributed by atoms with Crippen molar-refractivity contribution in [1.29, 1.82) is 0 Å². The Balaban J connectivity index is 2.25. The van der Waals surface area contributed by atoms with E-state index in [1.165, 1.54) is 5.56 Å². The molecule has 2 rings (SSSR count). The van der Waals surface area contributed by atoms with Crippen molar-refractivity contribution in [3.63, 3.8) is 0 Å². The third kappa shape index (κ3) is 4.63. The molecule has 112 valence electrons. The summed E-state index contributed by atoms with van der Waals surface area (Å²) in [6, 6.07) is 16.2. The Kier molecular flexibility index (Phi) is 6.43. The third-order valence-electron chi connectivity index (χ3n) is 3.57. The highest BCUT2D eigenvalue weighted by Crippen LogP contribution is 2.34. The van der Waals surface area contributed by atoms with Crippen molar-refractivity contribution in [1.82, 2.24) is 0 Å². The maximum Gasteiger partial charge on any atom is 0.0449 e. The standard InChI is InChI=1S/C17H16BrCl3/c18-15-7-6-14(16(21)8-15)10-17(11-19,12-20)9-13-4-2-1-3-5-13/h1-8H,9-12H2. The first-order chi connectivity index (χ1) is 10.1. The second kappa shape index (κ2) is 7.87. The van der Waals surface area contributed by atoms with Gasteiger partial charge in [0.15, 0.2) is 0 Å². The van der Waals surface area contributed by atoms with Crippen molar-refractivity contribution in [2.75, 3.05) is 11.8 Å². The van der Waals surface area contributed by atoms with Crippen molar-refractivity contribution in [2.24, 2.45) is 5.41 Å². The summed E-state index contributed by atoms with van der Waals surface area (Å²) in [5.74, 6) is 0.996. The van der Waals surface area contributed by atoms with E-state index in [4.69, 9.17) is 34.8 Å². The van der Waals surface area contributed by atoms with Gasteiger partial charge in [-0.2, -0.15) is 0 Å². The van der Waals surface area contributed by atoms with E-state index < -0.39 is 0 Å². The van der Waals surface area contributed by atoms with Crippen LogP contribution >= 0.6 is 50.7 Å². The van der Waals surface area contributed by atoms with Crippen LogP contribution in [0.4, 0.5) is 0 Å². The second-order valence-electron chi connectivity index (χ2n) is 5.34. The van der Waals surface area contributed by atoms with Crippen molar-refractivity contribution in [2.45, 2.75) is 12.8 Å². The molecule has 0 unspecified atom stereocenters. The molecule has 4 heteroatoms. The molecule has 2 aromatic carbocycles. The second-order valence-corrected chi connectivity index (χ2v) is 7.20. The Morgan fingerprint density at radius 2 is 1.57 bits per heavy atom. The Bertz CT molecular complexity index is 580. The number of alkyl halides is 2. The molecule has 0 aliphatic rings. The topological polar surface area (TPSA) is 0 Å². The molecule has 0 radical (unpaired) electrons. The Labute approximate surface area is 149 Å². The minimum Gasteiger partial charge on any atom is -0.126 e. The van der Waals surface area contributed by atoms with Crippen LogP contribution in [-0.4, -0.2) is 11.8 Å². The molecule has 21 heavy (non-hydrogen) atoms. The Morgan fingerprint density at radius 1 is 0.905 bits per heavy atom. The van der Waals surface area contributed by atoms with Crippen LogP contribution in [-0.2, 0) is 12.8 Å². The van der Waals surface area contributed by atoms with Gasteiger partial charge in [-0.25, -0.2) is 0 Å². The first kappa shape index (κ1) is 17.1. The monoisotopic (exact) mass is 404 g/mol. The number of hydrogen-bond acceptors (Lipinski definition) is 0. The maximum atomic E-state index is 6.34. The summed E-state index contributed by atoms with van der Waals surface area (Å²) in [6.07, 6.45) is 1.61. The summed E-state index contributed by atoms with van der Waals surface area (Å²) in [5, 5.41) is 0.747. The molecule has 0 aliphatic carbocycles. The zero-order valence-corrected chi connectivity index (χ0v) is 15.3. The fraction of sp³-hybridized carbons (Fsp3) is 0.294. The van der Waals surface area contributed by atoms with Gasteiger partial charge in [0.2, 0.25) is 0 Å². The minimum absolute atomic E-state index is 0.193. The Hall–Kier alpha value is -0.210. The molecule has 0 atom stereocenters. The van der Waals surface area contributed by atoms with Crippen LogP contribution < -0.4 is 0 Å². The van der Waals surface area contributed by atoms with Gasteiger partial charge in [-0.1, -0.05) is 63.9 Å². The van der Waals surface area contributed by atoms with Crippen LogP contribution in [0.3, 0.4) is 0 Å². The van der Waals surface area contributed by atoms with E-state index in [1.807, 2.05) is 36.4 Å². The van der Waals surface area contributed by atoms with E-state index in [2.05, 4.69) is 28.1 Å². The van der Waals surface area contributed by atoms with Crippen LogP contribution in [0.1, 0.15) is 11.1 Å². The molecule has 0 fully saturated rings. The van der Waals surface area contributed by atoms with Gasteiger partial charge in [0, 0.05) is 26.7 Å². The summed E-state index contributed by atoms with van der Waals surface area (Å²) in [6.45, 7) is 0. The van der Waals surface area contributed by atoms with Crippen LogP contribution in [0, 0.1) is 5.41 Å².